The van der Waals surface area contributed by atoms with Gasteiger partial charge in [-0.05, 0) is 18.2 Å². The van der Waals surface area contributed by atoms with Crippen LogP contribution in [-0.2, 0) is 19.6 Å². The van der Waals surface area contributed by atoms with E-state index in [-0.39, 0.29) is 9.77 Å². The summed E-state index contributed by atoms with van der Waals surface area (Å²) >= 11 is 1.02. The number of likely N-dealkylation sites (N-methyl/N-ethyl adjacent to an activating group) is 1. The number of thiophene rings is 1. The second kappa shape index (κ2) is 9.55. The van der Waals surface area contributed by atoms with Crippen LogP contribution in [0.2, 0.25) is 0 Å². The quantitative estimate of drug-likeness (QED) is 0.496. The number of anilines is 1. The van der Waals surface area contributed by atoms with Crippen molar-refractivity contribution in [3.05, 3.63) is 47.3 Å². The van der Waals surface area contributed by atoms with Gasteiger partial charge in [-0.25, -0.2) is 13.2 Å². The van der Waals surface area contributed by atoms with Gasteiger partial charge in [0.1, 0.15) is 9.77 Å². The van der Waals surface area contributed by atoms with Gasteiger partial charge in [0.25, 0.3) is 0 Å². The molecule has 0 fully saturated rings. The molecule has 0 aliphatic carbocycles. The molecule has 0 aliphatic heterocycles. The van der Waals surface area contributed by atoms with Crippen LogP contribution in [-0.4, -0.2) is 59.5 Å². The van der Waals surface area contributed by atoms with Gasteiger partial charge < -0.3 is 19.5 Å². The molecule has 0 saturated heterocycles. The highest BCUT2D eigenvalue weighted by atomic mass is 32.2. The third-order valence-electron chi connectivity index (χ3n) is 4.62. The van der Waals surface area contributed by atoms with Crippen LogP contribution in [0.1, 0.15) is 9.67 Å². The van der Waals surface area contributed by atoms with Crippen LogP contribution in [0.4, 0.5) is 5.69 Å². The summed E-state index contributed by atoms with van der Waals surface area (Å²) in [6.45, 7) is -0.471. The third-order valence-corrected chi connectivity index (χ3v) is 7.79. The normalized spacial score (nSPS) is 11.4. The SMILES string of the molecule is COC(=O)c1sc2ccccc2c1S(=O)(=O)N(C)CC(=O)Nc1ccc(OC)c(OC)c1. The van der Waals surface area contributed by atoms with Crippen molar-refractivity contribution in [3.63, 3.8) is 0 Å². The number of carbonyl (C=O) groups is 2. The molecule has 0 bridgehead atoms. The number of esters is 1. The number of hydrogen-bond donors (Lipinski definition) is 1. The van der Waals surface area contributed by atoms with Crippen molar-refractivity contribution in [2.45, 2.75) is 4.90 Å². The average Bonchev–Trinajstić information content (AvgIpc) is 3.18. The Kier molecular flexibility index (Phi) is 7.02. The second-order valence-electron chi connectivity index (χ2n) is 6.63. The number of fused-ring (bicyclic) bond motifs is 1. The maximum absolute atomic E-state index is 13.3. The number of sulfonamides is 1. The van der Waals surface area contributed by atoms with E-state index >= 15 is 0 Å². The van der Waals surface area contributed by atoms with E-state index in [1.807, 2.05) is 0 Å². The lowest BCUT2D eigenvalue weighted by Gasteiger charge is -2.18. The van der Waals surface area contributed by atoms with Crippen molar-refractivity contribution in [1.82, 2.24) is 4.31 Å². The van der Waals surface area contributed by atoms with Crippen molar-refractivity contribution in [2.75, 3.05) is 40.2 Å². The van der Waals surface area contributed by atoms with Crippen molar-refractivity contribution in [1.29, 1.82) is 0 Å². The maximum Gasteiger partial charge on any atom is 0.349 e. The fourth-order valence-corrected chi connectivity index (χ4v) is 5.96. The molecule has 0 atom stereocenters. The van der Waals surface area contributed by atoms with Crippen molar-refractivity contribution in [2.24, 2.45) is 0 Å². The summed E-state index contributed by atoms with van der Waals surface area (Å²) in [6.07, 6.45) is 0. The summed E-state index contributed by atoms with van der Waals surface area (Å²) in [4.78, 5) is 24.6. The number of rotatable bonds is 8. The topological polar surface area (TPSA) is 111 Å². The molecule has 0 aliphatic rings. The molecule has 11 heteroatoms. The molecule has 9 nitrogen and oxygen atoms in total. The largest absolute Gasteiger partial charge is 0.493 e. The number of ether oxygens (including phenoxy) is 3. The highest BCUT2D eigenvalue weighted by molar-refractivity contribution is 7.89. The third kappa shape index (κ3) is 4.54. The summed E-state index contributed by atoms with van der Waals surface area (Å²) in [7, 11) is 1.24. The summed E-state index contributed by atoms with van der Waals surface area (Å²) in [5.41, 5.74) is 0.412. The Morgan fingerprint density at radius 3 is 2.38 bits per heavy atom. The zero-order chi connectivity index (χ0) is 23.5. The average molecular weight is 479 g/mol. The lowest BCUT2D eigenvalue weighted by atomic mass is 10.2. The van der Waals surface area contributed by atoms with Gasteiger partial charge in [-0.3, -0.25) is 4.79 Å². The van der Waals surface area contributed by atoms with Gasteiger partial charge in [-0.15, -0.1) is 11.3 Å². The highest BCUT2D eigenvalue weighted by Gasteiger charge is 2.32. The molecule has 0 spiro atoms. The predicted octanol–water partition coefficient (Wildman–Crippen LogP) is 2.96. The van der Waals surface area contributed by atoms with Crippen LogP contribution in [0, 0.1) is 0 Å². The van der Waals surface area contributed by atoms with E-state index in [9.17, 15) is 18.0 Å². The minimum absolute atomic E-state index is 0.0409. The monoisotopic (exact) mass is 478 g/mol. The minimum Gasteiger partial charge on any atom is -0.493 e. The number of methoxy groups -OCH3 is 3. The first-order valence-electron chi connectivity index (χ1n) is 9.31. The summed E-state index contributed by atoms with van der Waals surface area (Å²) < 4.78 is 43.3. The Labute approximate surface area is 189 Å². The fourth-order valence-electron chi connectivity index (χ4n) is 3.06. The number of benzene rings is 2. The molecular weight excluding hydrogens is 456 g/mol. The van der Waals surface area contributed by atoms with Crippen LogP contribution in [0.3, 0.4) is 0 Å². The molecule has 0 unspecified atom stereocenters. The predicted molar refractivity (Wildman–Crippen MR) is 121 cm³/mol. The molecule has 1 N–H and O–H groups in total. The van der Waals surface area contributed by atoms with Gasteiger partial charge in [-0.2, -0.15) is 4.31 Å². The van der Waals surface area contributed by atoms with Gasteiger partial charge >= 0.3 is 5.97 Å². The molecular formula is C21H22N2O7S2. The van der Waals surface area contributed by atoms with Gasteiger partial charge in [0, 0.05) is 28.9 Å². The zero-order valence-electron chi connectivity index (χ0n) is 17.9. The van der Waals surface area contributed by atoms with E-state index in [0.717, 1.165) is 15.6 Å². The van der Waals surface area contributed by atoms with Gasteiger partial charge in [0.05, 0.1) is 27.9 Å². The molecule has 1 heterocycles. The molecule has 32 heavy (non-hydrogen) atoms. The molecule has 2 aromatic carbocycles. The van der Waals surface area contributed by atoms with Crippen LogP contribution in [0.5, 0.6) is 11.5 Å². The summed E-state index contributed by atoms with van der Waals surface area (Å²) in [6, 6.07) is 11.5. The van der Waals surface area contributed by atoms with Gasteiger partial charge in [0.2, 0.25) is 15.9 Å². The molecule has 3 rings (SSSR count). The molecule has 1 amide bonds. The molecule has 170 valence electrons. The molecule has 1 aromatic heterocycles. The van der Waals surface area contributed by atoms with Crippen molar-refractivity contribution >= 4 is 49.0 Å². The summed E-state index contributed by atoms with van der Waals surface area (Å²) in [5.74, 6) is -0.418. The van der Waals surface area contributed by atoms with Crippen LogP contribution in [0.25, 0.3) is 10.1 Å². The zero-order valence-corrected chi connectivity index (χ0v) is 19.5. The lowest BCUT2D eigenvalue weighted by molar-refractivity contribution is -0.116. The Hall–Kier alpha value is -3.15. The number of hydrogen-bond acceptors (Lipinski definition) is 8. The standard InChI is InChI=1S/C21H22N2O7S2/c1-23(12-18(24)22-13-9-10-15(28-2)16(11-13)29-3)32(26,27)20-14-7-5-6-8-17(14)31-19(20)21(25)30-4/h5-11H,12H2,1-4H3,(H,22,24). The van der Waals surface area contributed by atoms with Gasteiger partial charge in [0.15, 0.2) is 11.5 Å². The van der Waals surface area contributed by atoms with E-state index in [1.54, 1.807) is 42.5 Å². The number of nitrogens with zero attached hydrogens (tertiary/aromatic N) is 1. The first kappa shape index (κ1) is 23.5. The minimum atomic E-state index is -4.18. The number of amides is 1. The Morgan fingerprint density at radius 1 is 1.03 bits per heavy atom. The Morgan fingerprint density at radius 2 is 1.72 bits per heavy atom. The van der Waals surface area contributed by atoms with Crippen LogP contribution < -0.4 is 14.8 Å². The van der Waals surface area contributed by atoms with E-state index in [4.69, 9.17) is 14.2 Å². The van der Waals surface area contributed by atoms with Crippen LogP contribution >= 0.6 is 11.3 Å². The van der Waals surface area contributed by atoms with Crippen molar-refractivity contribution < 1.29 is 32.2 Å². The molecule has 0 saturated carbocycles. The highest BCUT2D eigenvalue weighted by Crippen LogP contribution is 2.36. The van der Waals surface area contributed by atoms with Gasteiger partial charge in [-0.1, -0.05) is 18.2 Å². The number of carbonyl (C=O) groups excluding carboxylic acids is 2. The second-order valence-corrected chi connectivity index (χ2v) is 9.66. The lowest BCUT2D eigenvalue weighted by Crippen LogP contribution is -2.35. The van der Waals surface area contributed by atoms with E-state index in [0.29, 0.717) is 27.3 Å². The number of nitrogens with one attached hydrogen (secondary N) is 1. The smallest absolute Gasteiger partial charge is 0.349 e. The first-order chi connectivity index (χ1) is 15.2. The fraction of sp³-hybridized carbons (Fsp3) is 0.238. The van der Waals surface area contributed by atoms with E-state index in [1.165, 1.54) is 28.4 Å². The summed E-state index contributed by atoms with van der Waals surface area (Å²) in [5, 5.41) is 3.03. The van der Waals surface area contributed by atoms with E-state index in [2.05, 4.69) is 5.32 Å². The first-order valence-corrected chi connectivity index (χ1v) is 11.6. The molecule has 0 radical (unpaired) electrons. The van der Waals surface area contributed by atoms with Crippen LogP contribution in [0.15, 0.2) is 47.4 Å². The Balaban J connectivity index is 1.87. The van der Waals surface area contributed by atoms with Crippen molar-refractivity contribution in [3.8, 4) is 11.5 Å². The molecule has 3 aromatic rings. The Bertz CT molecular complexity index is 1270. The maximum atomic E-state index is 13.3. The van der Waals surface area contributed by atoms with E-state index < -0.39 is 28.4 Å².